The van der Waals surface area contributed by atoms with Crippen LogP contribution >= 0.6 is 0 Å². The number of phenols is 1. The van der Waals surface area contributed by atoms with E-state index in [1.807, 2.05) is 0 Å². The number of likely N-dealkylation sites (tertiary alicyclic amines) is 1. The van der Waals surface area contributed by atoms with Crippen LogP contribution in [0.2, 0.25) is 0 Å². The largest absolute Gasteiger partial charge is 0.505 e. The zero-order valence-corrected chi connectivity index (χ0v) is 11.8. The second-order valence-corrected chi connectivity index (χ2v) is 5.30. The van der Waals surface area contributed by atoms with Crippen LogP contribution < -0.4 is 0 Å². The van der Waals surface area contributed by atoms with E-state index in [1.165, 1.54) is 12.1 Å². The number of ether oxygens (including phenoxy) is 1. The van der Waals surface area contributed by atoms with E-state index in [9.17, 15) is 9.50 Å². The minimum absolute atomic E-state index is 0.127. The summed E-state index contributed by atoms with van der Waals surface area (Å²) in [5.74, 6) is -0.0177. The number of nitrogens with one attached hydrogen (secondary N) is 1. The first kappa shape index (κ1) is 14.0. The van der Waals surface area contributed by atoms with Gasteiger partial charge in [0.25, 0.3) is 0 Å². The topological polar surface area (TPSA) is 61.4 Å². The van der Waals surface area contributed by atoms with E-state index in [1.54, 1.807) is 25.6 Å². The maximum atomic E-state index is 13.5. The summed E-state index contributed by atoms with van der Waals surface area (Å²) in [6.07, 6.45) is 4.52. The fraction of sp³-hybridized carbons (Fsp3) is 0.400. The van der Waals surface area contributed by atoms with Crippen molar-refractivity contribution in [2.75, 3.05) is 13.7 Å². The number of aromatic hydroxyl groups is 1. The molecule has 0 radical (unpaired) electrons. The summed E-state index contributed by atoms with van der Waals surface area (Å²) in [6.45, 7) is 1.35. The van der Waals surface area contributed by atoms with Gasteiger partial charge in [0.05, 0.1) is 12.1 Å². The van der Waals surface area contributed by atoms with Gasteiger partial charge in [-0.3, -0.25) is 4.90 Å². The van der Waals surface area contributed by atoms with Crippen LogP contribution in [0.25, 0.3) is 0 Å². The first-order valence-electron chi connectivity index (χ1n) is 6.91. The van der Waals surface area contributed by atoms with Crippen molar-refractivity contribution in [1.29, 1.82) is 0 Å². The molecule has 1 saturated heterocycles. The Bertz CT molecular complexity index is 603. The third-order valence-electron chi connectivity index (χ3n) is 3.93. The Kier molecular flexibility index (Phi) is 3.90. The fourth-order valence-electron chi connectivity index (χ4n) is 2.83. The Morgan fingerprint density at radius 1 is 1.52 bits per heavy atom. The zero-order chi connectivity index (χ0) is 14.8. The maximum absolute atomic E-state index is 13.5. The van der Waals surface area contributed by atoms with Crippen LogP contribution in [0.4, 0.5) is 4.39 Å². The summed E-state index contributed by atoms with van der Waals surface area (Å²) < 4.78 is 18.9. The molecule has 1 aliphatic rings. The minimum atomic E-state index is -0.593. The molecule has 5 nitrogen and oxygen atoms in total. The molecule has 1 fully saturated rings. The third-order valence-corrected chi connectivity index (χ3v) is 3.93. The zero-order valence-electron chi connectivity index (χ0n) is 11.8. The van der Waals surface area contributed by atoms with E-state index in [-0.39, 0.29) is 17.9 Å². The van der Waals surface area contributed by atoms with Crippen molar-refractivity contribution in [3.05, 3.63) is 47.8 Å². The average Bonchev–Trinajstić information content (AvgIpc) is 3.11. The fourth-order valence-corrected chi connectivity index (χ4v) is 2.83. The van der Waals surface area contributed by atoms with E-state index >= 15 is 0 Å². The number of hydrogen-bond donors (Lipinski definition) is 2. The summed E-state index contributed by atoms with van der Waals surface area (Å²) in [6, 6.07) is 4.62. The Hall–Kier alpha value is -1.92. The van der Waals surface area contributed by atoms with Gasteiger partial charge < -0.3 is 14.8 Å². The molecule has 2 heterocycles. The van der Waals surface area contributed by atoms with Gasteiger partial charge in [0.2, 0.25) is 0 Å². The number of H-pyrrole nitrogens is 1. The summed E-state index contributed by atoms with van der Waals surface area (Å²) >= 11 is 0. The molecule has 6 heteroatoms. The van der Waals surface area contributed by atoms with Crippen LogP contribution in [0.5, 0.6) is 5.75 Å². The molecule has 0 amide bonds. The van der Waals surface area contributed by atoms with Gasteiger partial charge in [-0.2, -0.15) is 0 Å². The number of benzene rings is 1. The maximum Gasteiger partial charge on any atom is 0.165 e. The monoisotopic (exact) mass is 291 g/mol. The Morgan fingerprint density at radius 2 is 2.38 bits per heavy atom. The van der Waals surface area contributed by atoms with Gasteiger partial charge in [0.15, 0.2) is 11.6 Å². The highest BCUT2D eigenvalue weighted by Crippen LogP contribution is 2.33. The quantitative estimate of drug-likeness (QED) is 0.906. The lowest BCUT2D eigenvalue weighted by atomic mass is 10.1. The minimum Gasteiger partial charge on any atom is -0.505 e. The van der Waals surface area contributed by atoms with E-state index in [0.29, 0.717) is 6.54 Å². The van der Waals surface area contributed by atoms with E-state index < -0.39 is 5.82 Å². The van der Waals surface area contributed by atoms with Gasteiger partial charge in [0.1, 0.15) is 5.82 Å². The Morgan fingerprint density at radius 3 is 3.05 bits per heavy atom. The number of halogens is 1. The van der Waals surface area contributed by atoms with Crippen LogP contribution in [0.1, 0.15) is 23.9 Å². The highest BCUT2D eigenvalue weighted by Gasteiger charge is 2.34. The van der Waals surface area contributed by atoms with Gasteiger partial charge in [-0.25, -0.2) is 9.37 Å². The highest BCUT2D eigenvalue weighted by atomic mass is 19.1. The van der Waals surface area contributed by atoms with Crippen molar-refractivity contribution >= 4 is 0 Å². The standard InChI is InChI=1S/C15H18FN3O2/c1-21-11-7-13(15-17-4-5-18-15)19(9-11)8-10-2-3-14(20)12(16)6-10/h2-6,11,13,20H,7-9H2,1H3,(H,17,18)/t11-,13+/m1/s1. The van der Waals surface area contributed by atoms with Crippen LogP contribution in [0.15, 0.2) is 30.6 Å². The first-order chi connectivity index (χ1) is 10.2. The molecule has 0 aliphatic carbocycles. The molecule has 0 spiro atoms. The smallest absolute Gasteiger partial charge is 0.165 e. The highest BCUT2D eigenvalue weighted by molar-refractivity contribution is 5.28. The first-order valence-corrected chi connectivity index (χ1v) is 6.91. The van der Waals surface area contributed by atoms with Crippen LogP contribution in [-0.4, -0.2) is 39.7 Å². The van der Waals surface area contributed by atoms with Crippen molar-refractivity contribution in [3.63, 3.8) is 0 Å². The van der Waals surface area contributed by atoms with E-state index in [0.717, 1.165) is 24.4 Å². The molecule has 112 valence electrons. The number of phenolic OH excluding ortho intramolecular Hbond substituents is 1. The Balaban J connectivity index is 1.79. The van der Waals surface area contributed by atoms with Gasteiger partial charge in [-0.05, 0) is 24.1 Å². The predicted molar refractivity (Wildman–Crippen MR) is 75.2 cm³/mol. The number of hydrogen-bond acceptors (Lipinski definition) is 4. The summed E-state index contributed by atoms with van der Waals surface area (Å²) in [5.41, 5.74) is 0.818. The van der Waals surface area contributed by atoms with Crippen LogP contribution in [0, 0.1) is 5.82 Å². The molecule has 21 heavy (non-hydrogen) atoms. The molecule has 0 saturated carbocycles. The molecule has 2 aromatic rings. The number of methoxy groups -OCH3 is 1. The van der Waals surface area contributed by atoms with Gasteiger partial charge in [0, 0.05) is 32.6 Å². The number of imidazole rings is 1. The lowest BCUT2D eigenvalue weighted by molar-refractivity contribution is 0.107. The lowest BCUT2D eigenvalue weighted by Crippen LogP contribution is -2.25. The molecule has 2 N–H and O–H groups in total. The molecule has 2 atom stereocenters. The lowest BCUT2D eigenvalue weighted by Gasteiger charge is -2.22. The number of aromatic nitrogens is 2. The third kappa shape index (κ3) is 2.91. The second kappa shape index (κ2) is 5.83. The average molecular weight is 291 g/mol. The molecule has 1 aromatic carbocycles. The number of nitrogens with zero attached hydrogens (tertiary/aromatic N) is 2. The summed E-state index contributed by atoms with van der Waals surface area (Å²) in [5, 5.41) is 9.26. The van der Waals surface area contributed by atoms with Crippen molar-refractivity contribution in [2.24, 2.45) is 0 Å². The Labute approximate surface area is 122 Å². The van der Waals surface area contributed by atoms with E-state index in [2.05, 4.69) is 14.9 Å². The molecule has 3 rings (SSSR count). The predicted octanol–water partition coefficient (Wildman–Crippen LogP) is 2.22. The molecular weight excluding hydrogens is 273 g/mol. The van der Waals surface area contributed by atoms with Crippen LogP contribution in [0.3, 0.4) is 0 Å². The molecule has 0 unspecified atom stereocenters. The normalized spacial score (nSPS) is 22.8. The van der Waals surface area contributed by atoms with Crippen LogP contribution in [-0.2, 0) is 11.3 Å². The second-order valence-electron chi connectivity index (χ2n) is 5.30. The van der Waals surface area contributed by atoms with Crippen molar-refractivity contribution in [2.45, 2.75) is 25.1 Å². The SMILES string of the molecule is CO[C@@H]1C[C@@H](c2ncc[nH]2)N(Cc2ccc(O)c(F)c2)C1. The van der Waals surface area contributed by atoms with Crippen molar-refractivity contribution in [3.8, 4) is 5.75 Å². The molecule has 1 aromatic heterocycles. The molecular formula is C15H18FN3O2. The number of aromatic amines is 1. The van der Waals surface area contributed by atoms with Crippen molar-refractivity contribution in [1.82, 2.24) is 14.9 Å². The van der Waals surface area contributed by atoms with Gasteiger partial charge in [-0.1, -0.05) is 6.07 Å². The van der Waals surface area contributed by atoms with E-state index in [4.69, 9.17) is 4.74 Å². The van der Waals surface area contributed by atoms with Gasteiger partial charge >= 0.3 is 0 Å². The summed E-state index contributed by atoms with van der Waals surface area (Å²) in [7, 11) is 1.70. The van der Waals surface area contributed by atoms with Crippen molar-refractivity contribution < 1.29 is 14.2 Å². The van der Waals surface area contributed by atoms with Gasteiger partial charge in [-0.15, -0.1) is 0 Å². The molecule has 1 aliphatic heterocycles. The number of rotatable bonds is 4. The summed E-state index contributed by atoms with van der Waals surface area (Å²) in [4.78, 5) is 9.67. The molecule has 0 bridgehead atoms.